The Balaban J connectivity index is 3.18. The second-order valence-electron chi connectivity index (χ2n) is 6.66. The van der Waals surface area contributed by atoms with E-state index in [1.807, 2.05) is 5.32 Å². The predicted molar refractivity (Wildman–Crippen MR) is 80.9 cm³/mol. The minimum atomic E-state index is -5.06. The summed E-state index contributed by atoms with van der Waals surface area (Å²) < 4.78 is 82.0. The van der Waals surface area contributed by atoms with E-state index in [0.717, 1.165) is 0 Å². The molecule has 27 heavy (non-hydrogen) atoms. The molecule has 0 radical (unpaired) electrons. The van der Waals surface area contributed by atoms with E-state index in [9.17, 15) is 35.9 Å². The molecule has 0 fully saturated rings. The maximum Gasteiger partial charge on any atom is 0.416 e. The van der Waals surface area contributed by atoms with Gasteiger partial charge >= 0.3 is 24.4 Å². The SMILES string of the molecule is CC(C)(C)OC(=O)NC(Cc1cc(C(F)(F)F)cc(C(F)(F)F)c1)C(=O)O. The fourth-order valence-electron chi connectivity index (χ4n) is 2.02. The molecule has 0 aromatic heterocycles. The van der Waals surface area contributed by atoms with Crippen LogP contribution in [0, 0.1) is 0 Å². The Bertz CT molecular complexity index is 674. The number of carboxylic acids is 1. The van der Waals surface area contributed by atoms with Crippen LogP contribution in [-0.2, 0) is 28.3 Å². The van der Waals surface area contributed by atoms with E-state index in [1.165, 1.54) is 20.8 Å². The van der Waals surface area contributed by atoms with Crippen molar-refractivity contribution in [2.24, 2.45) is 0 Å². The molecule has 0 spiro atoms. The summed E-state index contributed by atoms with van der Waals surface area (Å²) in [5, 5.41) is 11.0. The van der Waals surface area contributed by atoms with Crippen LogP contribution < -0.4 is 5.32 Å². The van der Waals surface area contributed by atoms with Crippen molar-refractivity contribution in [3.63, 3.8) is 0 Å². The number of carbonyl (C=O) groups excluding carboxylic acids is 1. The van der Waals surface area contributed by atoms with E-state index < -0.39 is 59.2 Å². The van der Waals surface area contributed by atoms with Gasteiger partial charge in [0.15, 0.2) is 0 Å². The van der Waals surface area contributed by atoms with Crippen LogP contribution in [0.4, 0.5) is 31.1 Å². The number of ether oxygens (including phenoxy) is 1. The molecule has 152 valence electrons. The maximum absolute atomic E-state index is 12.9. The number of benzene rings is 1. The summed E-state index contributed by atoms with van der Waals surface area (Å²) in [5.41, 5.74) is -4.68. The van der Waals surface area contributed by atoms with Crippen LogP contribution in [0.2, 0.25) is 0 Å². The quantitative estimate of drug-likeness (QED) is 0.740. The maximum atomic E-state index is 12.9. The van der Waals surface area contributed by atoms with Crippen LogP contribution in [0.3, 0.4) is 0 Å². The molecule has 11 heteroatoms. The number of carbonyl (C=O) groups is 2. The van der Waals surface area contributed by atoms with E-state index in [2.05, 4.69) is 0 Å². The smallest absolute Gasteiger partial charge is 0.416 e. The van der Waals surface area contributed by atoms with Crippen molar-refractivity contribution in [3.8, 4) is 0 Å². The molecule has 1 aromatic rings. The second-order valence-corrected chi connectivity index (χ2v) is 6.66. The number of aliphatic carboxylic acids is 1. The highest BCUT2D eigenvalue weighted by Crippen LogP contribution is 2.36. The molecule has 0 aliphatic rings. The van der Waals surface area contributed by atoms with Crippen LogP contribution in [0.5, 0.6) is 0 Å². The number of hydrogen-bond acceptors (Lipinski definition) is 3. The largest absolute Gasteiger partial charge is 0.480 e. The average Bonchev–Trinajstić information content (AvgIpc) is 2.42. The molecule has 0 saturated carbocycles. The molecule has 2 N–H and O–H groups in total. The molecule has 1 aromatic carbocycles. The predicted octanol–water partition coefficient (Wildman–Crippen LogP) is 4.24. The summed E-state index contributed by atoms with van der Waals surface area (Å²) in [5.74, 6) is -1.65. The summed E-state index contributed by atoms with van der Waals surface area (Å²) in [7, 11) is 0. The van der Waals surface area contributed by atoms with Gasteiger partial charge in [-0.25, -0.2) is 9.59 Å². The molecule has 0 bridgehead atoms. The highest BCUT2D eigenvalue weighted by molar-refractivity contribution is 5.80. The number of alkyl halides is 6. The zero-order chi connectivity index (χ0) is 21.2. The molecule has 1 amide bonds. The third-order valence-corrected chi connectivity index (χ3v) is 3.08. The van der Waals surface area contributed by atoms with E-state index >= 15 is 0 Å². The molecule has 0 heterocycles. The standard InChI is InChI=1S/C16H17F6NO4/c1-14(2,3)27-13(26)23-11(12(24)25)6-8-4-9(15(17,18)19)7-10(5-8)16(20,21)22/h4-5,7,11H,6H2,1-3H3,(H,23,26)(H,24,25). The Morgan fingerprint density at radius 2 is 1.44 bits per heavy atom. The van der Waals surface area contributed by atoms with E-state index in [4.69, 9.17) is 9.84 Å². The summed E-state index contributed by atoms with van der Waals surface area (Å²) >= 11 is 0. The van der Waals surface area contributed by atoms with Gasteiger partial charge in [-0.05, 0) is 44.5 Å². The van der Waals surface area contributed by atoms with Gasteiger partial charge in [-0.2, -0.15) is 26.3 Å². The second kappa shape index (κ2) is 7.65. The Hall–Kier alpha value is -2.46. The first-order valence-corrected chi connectivity index (χ1v) is 7.50. The van der Waals surface area contributed by atoms with Gasteiger partial charge in [0.1, 0.15) is 11.6 Å². The third kappa shape index (κ3) is 7.35. The summed E-state index contributed by atoms with van der Waals surface area (Å²) in [6, 6.07) is -1.05. The molecule has 5 nitrogen and oxygen atoms in total. The van der Waals surface area contributed by atoms with Crippen molar-refractivity contribution in [2.45, 2.75) is 51.2 Å². The summed E-state index contributed by atoms with van der Waals surface area (Å²) in [4.78, 5) is 22.9. The number of rotatable bonds is 4. The molecule has 0 aliphatic heterocycles. The fraction of sp³-hybridized carbons (Fsp3) is 0.500. The van der Waals surface area contributed by atoms with E-state index in [1.54, 1.807) is 0 Å². The number of hydrogen-bond donors (Lipinski definition) is 2. The minimum absolute atomic E-state index is 0.0689. The molecule has 1 atom stereocenters. The highest BCUT2D eigenvalue weighted by Gasteiger charge is 2.37. The van der Waals surface area contributed by atoms with Gasteiger partial charge in [-0.15, -0.1) is 0 Å². The van der Waals surface area contributed by atoms with Gasteiger partial charge in [0, 0.05) is 6.42 Å². The molecule has 1 unspecified atom stereocenters. The Morgan fingerprint density at radius 3 is 1.78 bits per heavy atom. The van der Waals surface area contributed by atoms with Crippen LogP contribution in [0.25, 0.3) is 0 Å². The number of carboxylic acid groups (broad SMARTS) is 1. The highest BCUT2D eigenvalue weighted by atomic mass is 19.4. The van der Waals surface area contributed by atoms with E-state index in [0.29, 0.717) is 12.1 Å². The van der Waals surface area contributed by atoms with Gasteiger partial charge in [0.05, 0.1) is 11.1 Å². The molecular formula is C16H17F6NO4. The molecule has 0 saturated heterocycles. The number of amides is 1. The number of halogens is 6. The van der Waals surface area contributed by atoms with Crippen molar-refractivity contribution >= 4 is 12.1 Å². The lowest BCUT2D eigenvalue weighted by atomic mass is 9.99. The van der Waals surface area contributed by atoms with Crippen LogP contribution in [-0.4, -0.2) is 28.8 Å². The Labute approximate surface area is 150 Å². The zero-order valence-corrected chi connectivity index (χ0v) is 14.5. The Kier molecular flexibility index (Phi) is 6.40. The minimum Gasteiger partial charge on any atom is -0.480 e. The third-order valence-electron chi connectivity index (χ3n) is 3.08. The number of nitrogens with one attached hydrogen (secondary N) is 1. The van der Waals surface area contributed by atoms with Gasteiger partial charge in [-0.1, -0.05) is 0 Å². The molecule has 1 rings (SSSR count). The first-order chi connectivity index (χ1) is 12.0. The average molecular weight is 401 g/mol. The summed E-state index contributed by atoms with van der Waals surface area (Å²) in [6.45, 7) is 4.47. The lowest BCUT2D eigenvalue weighted by Gasteiger charge is -2.22. The zero-order valence-electron chi connectivity index (χ0n) is 14.5. The lowest BCUT2D eigenvalue weighted by molar-refractivity contribution is -0.143. The van der Waals surface area contributed by atoms with Crippen molar-refractivity contribution in [3.05, 3.63) is 34.9 Å². The van der Waals surface area contributed by atoms with Crippen LogP contribution in [0.1, 0.15) is 37.5 Å². The first-order valence-electron chi connectivity index (χ1n) is 7.50. The van der Waals surface area contributed by atoms with E-state index in [-0.39, 0.29) is 6.07 Å². The molecule has 0 aliphatic carbocycles. The summed E-state index contributed by atoms with van der Waals surface area (Å²) in [6.07, 6.45) is -12.1. The fourth-order valence-corrected chi connectivity index (χ4v) is 2.02. The Morgan fingerprint density at radius 1 is 1.00 bits per heavy atom. The van der Waals surface area contributed by atoms with Gasteiger partial charge in [0.25, 0.3) is 0 Å². The van der Waals surface area contributed by atoms with Gasteiger partial charge in [-0.3, -0.25) is 0 Å². The topological polar surface area (TPSA) is 75.6 Å². The van der Waals surface area contributed by atoms with Crippen LogP contribution >= 0.6 is 0 Å². The normalized spacial score (nSPS) is 13.8. The van der Waals surface area contributed by atoms with Crippen LogP contribution in [0.15, 0.2) is 18.2 Å². The van der Waals surface area contributed by atoms with Gasteiger partial charge < -0.3 is 15.2 Å². The van der Waals surface area contributed by atoms with Crippen molar-refractivity contribution < 1.29 is 45.8 Å². The monoisotopic (exact) mass is 401 g/mol. The van der Waals surface area contributed by atoms with Crippen molar-refractivity contribution in [1.29, 1.82) is 0 Å². The van der Waals surface area contributed by atoms with Crippen molar-refractivity contribution in [2.75, 3.05) is 0 Å². The van der Waals surface area contributed by atoms with Crippen molar-refractivity contribution in [1.82, 2.24) is 5.32 Å². The first kappa shape index (κ1) is 22.6. The molecular weight excluding hydrogens is 384 g/mol. The number of alkyl carbamates (subject to hydrolysis) is 1. The lowest BCUT2D eigenvalue weighted by Crippen LogP contribution is -2.44. The van der Waals surface area contributed by atoms with Gasteiger partial charge in [0.2, 0.25) is 0 Å².